The fourth-order valence-electron chi connectivity index (χ4n) is 2.98. The number of ether oxygens (including phenoxy) is 1. The SMILES string of the molecule is CC(C)(C)OC(=O)N1CC2=CN(c3nn4c(I)cnc4s3)CC2C1. The standard InChI is InChI=1S/C15H18IN5O2S/c1-15(2,3)23-14(22)20-7-9-5-19(6-10(9)8-20)13-18-21-11(16)4-17-12(21)24-13/h4-5,10H,6-8H2,1-3H3. The quantitative estimate of drug-likeness (QED) is 0.614. The molecule has 2 aliphatic rings. The summed E-state index contributed by atoms with van der Waals surface area (Å²) in [5.41, 5.74) is 0.811. The minimum Gasteiger partial charge on any atom is -0.444 e. The Bertz CT molecular complexity index is 837. The second-order valence-electron chi connectivity index (χ2n) is 7.07. The summed E-state index contributed by atoms with van der Waals surface area (Å²) in [5.74, 6) is 0.354. The summed E-state index contributed by atoms with van der Waals surface area (Å²) in [7, 11) is 0. The second kappa shape index (κ2) is 5.58. The molecule has 24 heavy (non-hydrogen) atoms. The van der Waals surface area contributed by atoms with Crippen LogP contribution in [0.25, 0.3) is 4.96 Å². The number of fused-ring (bicyclic) bond motifs is 2. The maximum Gasteiger partial charge on any atom is 0.410 e. The molecule has 1 amide bonds. The Kier molecular flexibility index (Phi) is 3.75. The van der Waals surface area contributed by atoms with E-state index in [1.165, 1.54) is 5.57 Å². The zero-order valence-electron chi connectivity index (χ0n) is 13.7. The molecule has 0 spiro atoms. The maximum absolute atomic E-state index is 12.2. The number of likely N-dealkylation sites (tertiary alicyclic amines) is 1. The van der Waals surface area contributed by atoms with Gasteiger partial charge in [-0.25, -0.2) is 9.78 Å². The van der Waals surface area contributed by atoms with Crippen molar-refractivity contribution in [3.05, 3.63) is 21.7 Å². The summed E-state index contributed by atoms with van der Waals surface area (Å²) in [4.78, 5) is 21.4. The molecule has 0 bridgehead atoms. The third kappa shape index (κ3) is 2.87. The van der Waals surface area contributed by atoms with Crippen LogP contribution in [0, 0.1) is 9.62 Å². The molecule has 1 saturated heterocycles. The topological polar surface area (TPSA) is 63.0 Å². The molecular weight excluding hydrogens is 441 g/mol. The molecule has 0 N–H and O–H groups in total. The fraction of sp³-hybridized carbons (Fsp3) is 0.533. The number of carbonyl (C=O) groups excluding carboxylic acids is 1. The van der Waals surface area contributed by atoms with Gasteiger partial charge in [-0.05, 0) is 48.9 Å². The number of nitrogens with zero attached hydrogens (tertiary/aromatic N) is 5. The Morgan fingerprint density at radius 3 is 2.88 bits per heavy atom. The molecule has 9 heteroatoms. The lowest BCUT2D eigenvalue weighted by molar-refractivity contribution is 0.0291. The van der Waals surface area contributed by atoms with E-state index in [0.717, 1.165) is 20.3 Å². The van der Waals surface area contributed by atoms with Crippen molar-refractivity contribution in [3.8, 4) is 0 Å². The van der Waals surface area contributed by atoms with Crippen LogP contribution in [0.5, 0.6) is 0 Å². The van der Waals surface area contributed by atoms with E-state index >= 15 is 0 Å². The fourth-order valence-corrected chi connectivity index (χ4v) is 4.48. The van der Waals surface area contributed by atoms with E-state index in [2.05, 4.69) is 43.8 Å². The average molecular weight is 459 g/mol. The predicted molar refractivity (Wildman–Crippen MR) is 100 cm³/mol. The van der Waals surface area contributed by atoms with E-state index in [0.29, 0.717) is 19.0 Å². The molecule has 128 valence electrons. The molecule has 4 heterocycles. The Morgan fingerprint density at radius 1 is 1.42 bits per heavy atom. The Labute approximate surface area is 157 Å². The van der Waals surface area contributed by atoms with Crippen LogP contribution >= 0.6 is 33.9 Å². The lowest BCUT2D eigenvalue weighted by Gasteiger charge is -2.25. The summed E-state index contributed by atoms with van der Waals surface area (Å²) in [6.07, 6.45) is 3.71. The van der Waals surface area contributed by atoms with Crippen molar-refractivity contribution in [1.29, 1.82) is 0 Å². The molecule has 0 radical (unpaired) electrons. The monoisotopic (exact) mass is 459 g/mol. The van der Waals surface area contributed by atoms with Gasteiger partial charge in [-0.15, -0.1) is 5.10 Å². The van der Waals surface area contributed by atoms with Gasteiger partial charge in [0, 0.05) is 31.8 Å². The first-order valence-corrected chi connectivity index (χ1v) is 9.65. The normalized spacial score (nSPS) is 20.7. The molecule has 1 unspecified atom stereocenters. The van der Waals surface area contributed by atoms with Gasteiger partial charge in [-0.1, -0.05) is 11.3 Å². The number of aromatic nitrogens is 3. The molecule has 4 rings (SSSR count). The molecule has 0 aliphatic carbocycles. The minimum atomic E-state index is -0.456. The van der Waals surface area contributed by atoms with Gasteiger partial charge in [-0.2, -0.15) is 4.52 Å². The van der Waals surface area contributed by atoms with E-state index in [1.54, 1.807) is 16.2 Å². The molecular formula is C15H18IN5O2S. The average Bonchev–Trinajstić information content (AvgIpc) is 3.16. The summed E-state index contributed by atoms with van der Waals surface area (Å²) >= 11 is 3.81. The van der Waals surface area contributed by atoms with Crippen LogP contribution in [0.2, 0.25) is 0 Å². The van der Waals surface area contributed by atoms with Crippen LogP contribution < -0.4 is 4.90 Å². The Hall–Kier alpha value is -1.36. The van der Waals surface area contributed by atoms with Crippen molar-refractivity contribution in [2.45, 2.75) is 26.4 Å². The van der Waals surface area contributed by atoms with Gasteiger partial charge < -0.3 is 14.5 Å². The van der Waals surface area contributed by atoms with Crippen molar-refractivity contribution >= 4 is 50.1 Å². The van der Waals surface area contributed by atoms with Crippen molar-refractivity contribution in [2.75, 3.05) is 24.5 Å². The summed E-state index contributed by atoms with van der Waals surface area (Å²) < 4.78 is 8.33. The van der Waals surface area contributed by atoms with Gasteiger partial charge in [0.15, 0.2) is 0 Å². The Balaban J connectivity index is 1.48. The summed E-state index contributed by atoms with van der Waals surface area (Å²) in [6.45, 7) is 7.87. The van der Waals surface area contributed by atoms with Gasteiger partial charge in [0.05, 0.1) is 6.20 Å². The van der Waals surface area contributed by atoms with E-state index in [9.17, 15) is 4.79 Å². The number of amides is 1. The number of carbonyl (C=O) groups is 1. The van der Waals surface area contributed by atoms with Gasteiger partial charge >= 0.3 is 6.09 Å². The molecule has 1 atom stereocenters. The first kappa shape index (κ1) is 16.1. The lowest BCUT2D eigenvalue weighted by atomic mass is 10.1. The lowest BCUT2D eigenvalue weighted by Crippen LogP contribution is -2.36. The predicted octanol–water partition coefficient (Wildman–Crippen LogP) is 2.97. The first-order valence-electron chi connectivity index (χ1n) is 7.75. The van der Waals surface area contributed by atoms with E-state index in [-0.39, 0.29) is 6.09 Å². The number of hydrogen-bond donors (Lipinski definition) is 0. The molecule has 2 aliphatic heterocycles. The Morgan fingerprint density at radius 2 is 2.21 bits per heavy atom. The van der Waals surface area contributed by atoms with Gasteiger partial charge in [0.25, 0.3) is 0 Å². The zero-order valence-corrected chi connectivity index (χ0v) is 16.7. The van der Waals surface area contributed by atoms with Crippen molar-refractivity contribution in [1.82, 2.24) is 19.5 Å². The summed E-state index contributed by atoms with van der Waals surface area (Å²) in [5, 5.41) is 5.57. The van der Waals surface area contributed by atoms with Crippen LogP contribution in [-0.4, -0.2) is 50.8 Å². The van der Waals surface area contributed by atoms with Crippen LogP contribution in [0.15, 0.2) is 18.0 Å². The largest absolute Gasteiger partial charge is 0.444 e. The number of rotatable bonds is 1. The maximum atomic E-state index is 12.2. The highest BCUT2D eigenvalue weighted by Crippen LogP contribution is 2.35. The van der Waals surface area contributed by atoms with E-state index in [4.69, 9.17) is 4.74 Å². The second-order valence-corrected chi connectivity index (χ2v) is 9.11. The van der Waals surface area contributed by atoms with Crippen LogP contribution in [0.3, 0.4) is 0 Å². The number of anilines is 1. The molecule has 2 aromatic rings. The van der Waals surface area contributed by atoms with E-state index < -0.39 is 5.60 Å². The molecule has 0 saturated carbocycles. The van der Waals surface area contributed by atoms with Crippen LogP contribution in [0.4, 0.5) is 9.93 Å². The summed E-state index contributed by atoms with van der Waals surface area (Å²) in [6, 6.07) is 0. The van der Waals surface area contributed by atoms with E-state index in [1.807, 2.05) is 31.5 Å². The van der Waals surface area contributed by atoms with Crippen molar-refractivity contribution in [3.63, 3.8) is 0 Å². The molecule has 1 fully saturated rings. The third-order valence-electron chi connectivity index (χ3n) is 4.01. The van der Waals surface area contributed by atoms with Gasteiger partial charge in [0.1, 0.15) is 9.30 Å². The zero-order chi connectivity index (χ0) is 17.1. The van der Waals surface area contributed by atoms with Crippen molar-refractivity contribution in [2.24, 2.45) is 5.92 Å². The first-order chi connectivity index (χ1) is 11.3. The smallest absolute Gasteiger partial charge is 0.410 e. The number of halogens is 1. The highest BCUT2D eigenvalue weighted by atomic mass is 127. The third-order valence-corrected chi connectivity index (χ3v) is 5.70. The minimum absolute atomic E-state index is 0.230. The molecule has 2 aromatic heterocycles. The highest BCUT2D eigenvalue weighted by Gasteiger charge is 2.38. The van der Waals surface area contributed by atoms with Gasteiger partial charge in [0.2, 0.25) is 10.1 Å². The highest BCUT2D eigenvalue weighted by molar-refractivity contribution is 14.1. The number of imidazole rings is 1. The van der Waals surface area contributed by atoms with Crippen molar-refractivity contribution < 1.29 is 9.53 Å². The molecule has 0 aromatic carbocycles. The number of hydrogen-bond acceptors (Lipinski definition) is 6. The van der Waals surface area contributed by atoms with Crippen LogP contribution in [-0.2, 0) is 4.74 Å². The van der Waals surface area contributed by atoms with Crippen LogP contribution in [0.1, 0.15) is 20.8 Å². The van der Waals surface area contributed by atoms with Gasteiger partial charge in [-0.3, -0.25) is 0 Å². The molecule has 7 nitrogen and oxygen atoms in total.